The average Bonchev–Trinajstić information content (AvgIpc) is 3.51. The van der Waals surface area contributed by atoms with Gasteiger partial charge in [-0.1, -0.05) is 140 Å². The predicted octanol–water partition coefficient (Wildman–Crippen LogP) is 13.2. The number of hydrogen-bond donors (Lipinski definition) is 0. The fourth-order valence-electron chi connectivity index (χ4n) is 7.77. The number of furan rings is 1. The maximum atomic E-state index is 6.34. The maximum Gasteiger partial charge on any atom is 0.136 e. The van der Waals surface area contributed by atoms with E-state index in [1.165, 1.54) is 70.9 Å². The molecule has 1 aromatic heterocycles. The molecule has 0 aliphatic rings. The minimum absolute atomic E-state index is 0.913. The van der Waals surface area contributed by atoms with Gasteiger partial charge in [-0.2, -0.15) is 0 Å². The van der Waals surface area contributed by atoms with Crippen LogP contribution in [0.5, 0.6) is 0 Å². The van der Waals surface area contributed by atoms with E-state index in [1.54, 1.807) is 0 Å². The van der Waals surface area contributed by atoms with Gasteiger partial charge in [-0.15, -0.1) is 0 Å². The van der Waals surface area contributed by atoms with Crippen molar-refractivity contribution >= 4 is 65.0 Å². The Morgan fingerprint density at radius 1 is 0.277 bits per heavy atom. The van der Waals surface area contributed by atoms with Gasteiger partial charge in [-0.05, 0) is 107 Å². The fraction of sp³-hybridized carbons (Fsp3) is 0. The minimum Gasteiger partial charge on any atom is -0.456 e. The molecule has 10 aromatic rings. The van der Waals surface area contributed by atoms with E-state index in [4.69, 9.17) is 4.42 Å². The quantitative estimate of drug-likeness (QED) is 0.146. The van der Waals surface area contributed by atoms with Crippen molar-refractivity contribution in [2.45, 2.75) is 0 Å². The fourth-order valence-corrected chi connectivity index (χ4v) is 7.77. The van der Waals surface area contributed by atoms with Crippen molar-refractivity contribution in [2.75, 3.05) is 0 Å². The Balaban J connectivity index is 1.23. The lowest BCUT2D eigenvalue weighted by Crippen LogP contribution is -1.91. The summed E-state index contributed by atoms with van der Waals surface area (Å²) in [6.07, 6.45) is 0. The Labute approximate surface area is 271 Å². The monoisotopic (exact) mass is 596 g/mol. The lowest BCUT2D eigenvalue weighted by molar-refractivity contribution is 0.669. The van der Waals surface area contributed by atoms with Crippen molar-refractivity contribution in [1.29, 1.82) is 0 Å². The molecule has 0 aliphatic carbocycles. The van der Waals surface area contributed by atoms with Gasteiger partial charge in [0.15, 0.2) is 0 Å². The van der Waals surface area contributed by atoms with E-state index in [9.17, 15) is 0 Å². The van der Waals surface area contributed by atoms with Crippen LogP contribution in [-0.2, 0) is 0 Å². The molecule has 218 valence electrons. The average molecular weight is 597 g/mol. The highest BCUT2D eigenvalue weighted by Crippen LogP contribution is 2.45. The lowest BCUT2D eigenvalue weighted by atomic mass is 9.85. The highest BCUT2D eigenvalue weighted by Gasteiger charge is 2.18. The molecular formula is C46H28O. The normalized spacial score (nSPS) is 11.8. The third-order valence-corrected chi connectivity index (χ3v) is 9.83. The van der Waals surface area contributed by atoms with Crippen LogP contribution in [0, 0.1) is 0 Å². The Hall–Kier alpha value is -6.18. The summed E-state index contributed by atoms with van der Waals surface area (Å²) in [5, 5.41) is 12.4. The zero-order valence-corrected chi connectivity index (χ0v) is 25.6. The first-order chi connectivity index (χ1) is 23.3. The Morgan fingerprint density at radius 3 is 1.49 bits per heavy atom. The van der Waals surface area contributed by atoms with Crippen LogP contribution in [0.2, 0.25) is 0 Å². The van der Waals surface area contributed by atoms with Crippen molar-refractivity contribution in [3.05, 3.63) is 170 Å². The molecule has 0 spiro atoms. The molecule has 0 N–H and O–H groups in total. The summed E-state index contributed by atoms with van der Waals surface area (Å²) in [5.41, 5.74) is 9.18. The summed E-state index contributed by atoms with van der Waals surface area (Å²) < 4.78 is 6.34. The molecule has 9 aromatic carbocycles. The van der Waals surface area contributed by atoms with Crippen LogP contribution in [0.15, 0.2) is 174 Å². The van der Waals surface area contributed by atoms with Crippen LogP contribution in [-0.4, -0.2) is 0 Å². The Morgan fingerprint density at radius 2 is 0.787 bits per heavy atom. The third kappa shape index (κ3) is 3.97. The molecule has 0 saturated heterocycles. The van der Waals surface area contributed by atoms with Gasteiger partial charge in [0.1, 0.15) is 11.2 Å². The highest BCUT2D eigenvalue weighted by atomic mass is 16.3. The SMILES string of the molecule is c1cc(-c2c3ccccc3c(-c3ccc4c(c3)oc3ccccc34)c3ccccc23)cc(-c2cc3ccccc3c3ccccc23)c1. The van der Waals surface area contributed by atoms with Crippen molar-refractivity contribution < 1.29 is 4.42 Å². The molecule has 0 fully saturated rings. The first-order valence-corrected chi connectivity index (χ1v) is 16.2. The Bertz CT molecular complexity index is 2800. The van der Waals surface area contributed by atoms with Gasteiger partial charge in [0.2, 0.25) is 0 Å². The summed E-state index contributed by atoms with van der Waals surface area (Å²) in [4.78, 5) is 0. The molecule has 0 bridgehead atoms. The van der Waals surface area contributed by atoms with Crippen LogP contribution >= 0.6 is 0 Å². The van der Waals surface area contributed by atoms with E-state index in [1.807, 2.05) is 12.1 Å². The van der Waals surface area contributed by atoms with Crippen LogP contribution in [0.4, 0.5) is 0 Å². The second-order valence-electron chi connectivity index (χ2n) is 12.4. The highest BCUT2D eigenvalue weighted by molar-refractivity contribution is 6.22. The molecule has 1 heterocycles. The maximum absolute atomic E-state index is 6.34. The zero-order valence-electron chi connectivity index (χ0n) is 25.6. The molecule has 1 heteroatoms. The molecule has 47 heavy (non-hydrogen) atoms. The molecule has 1 nitrogen and oxygen atoms in total. The summed E-state index contributed by atoms with van der Waals surface area (Å²) in [6, 6.07) is 61.6. The molecule has 0 radical (unpaired) electrons. The van der Waals surface area contributed by atoms with Gasteiger partial charge in [0, 0.05) is 10.8 Å². The molecule has 0 unspecified atom stereocenters. The molecule has 0 amide bonds. The van der Waals surface area contributed by atoms with Crippen LogP contribution in [0.25, 0.3) is 98.4 Å². The van der Waals surface area contributed by atoms with Crippen LogP contribution < -0.4 is 0 Å². The van der Waals surface area contributed by atoms with E-state index in [-0.39, 0.29) is 0 Å². The first kappa shape index (κ1) is 26.1. The number of hydrogen-bond acceptors (Lipinski definition) is 1. The lowest BCUT2D eigenvalue weighted by Gasteiger charge is -2.18. The van der Waals surface area contributed by atoms with E-state index in [0.717, 1.165) is 27.5 Å². The van der Waals surface area contributed by atoms with Gasteiger partial charge in [0.05, 0.1) is 0 Å². The Kier molecular flexibility index (Phi) is 5.64. The van der Waals surface area contributed by atoms with Gasteiger partial charge >= 0.3 is 0 Å². The second kappa shape index (κ2) is 10.2. The summed E-state index contributed by atoms with van der Waals surface area (Å²) in [6.45, 7) is 0. The first-order valence-electron chi connectivity index (χ1n) is 16.2. The number of fused-ring (bicyclic) bond motifs is 8. The van der Waals surface area contributed by atoms with Crippen LogP contribution in [0.3, 0.4) is 0 Å². The number of para-hydroxylation sites is 1. The molecule has 0 saturated carbocycles. The van der Waals surface area contributed by atoms with Crippen molar-refractivity contribution in [1.82, 2.24) is 0 Å². The second-order valence-corrected chi connectivity index (χ2v) is 12.4. The van der Waals surface area contributed by atoms with Crippen LogP contribution in [0.1, 0.15) is 0 Å². The number of rotatable bonds is 3. The van der Waals surface area contributed by atoms with Crippen molar-refractivity contribution in [3.8, 4) is 33.4 Å². The van der Waals surface area contributed by atoms with E-state index in [2.05, 4.69) is 158 Å². The smallest absolute Gasteiger partial charge is 0.136 e. The third-order valence-electron chi connectivity index (χ3n) is 9.83. The largest absolute Gasteiger partial charge is 0.456 e. The summed E-state index contributed by atoms with van der Waals surface area (Å²) in [5.74, 6) is 0. The summed E-state index contributed by atoms with van der Waals surface area (Å²) >= 11 is 0. The molecule has 0 atom stereocenters. The van der Waals surface area contributed by atoms with Crippen molar-refractivity contribution in [2.24, 2.45) is 0 Å². The standard InChI is InChI=1S/C46H28O/c1-2-15-33-30(12-1)27-42(35-17-4-3-16-34(33)35)29-13-11-14-31(26-29)45-38-19-5-7-21-40(38)46(41-22-8-6-20-39(41)45)32-24-25-37-36-18-9-10-23-43(36)47-44(37)28-32/h1-28H. The topological polar surface area (TPSA) is 13.1 Å². The van der Waals surface area contributed by atoms with Gasteiger partial charge in [0.25, 0.3) is 0 Å². The predicted molar refractivity (Wildman–Crippen MR) is 200 cm³/mol. The van der Waals surface area contributed by atoms with Crippen molar-refractivity contribution in [3.63, 3.8) is 0 Å². The molecule has 0 aliphatic heterocycles. The molecule has 10 rings (SSSR count). The van der Waals surface area contributed by atoms with Gasteiger partial charge in [-0.25, -0.2) is 0 Å². The van der Waals surface area contributed by atoms with E-state index in [0.29, 0.717) is 0 Å². The van der Waals surface area contributed by atoms with E-state index >= 15 is 0 Å². The molecular weight excluding hydrogens is 569 g/mol. The minimum atomic E-state index is 0.913. The van der Waals surface area contributed by atoms with E-state index < -0.39 is 0 Å². The van der Waals surface area contributed by atoms with Gasteiger partial charge < -0.3 is 4.42 Å². The summed E-state index contributed by atoms with van der Waals surface area (Å²) in [7, 11) is 0. The van der Waals surface area contributed by atoms with Gasteiger partial charge in [-0.3, -0.25) is 0 Å². The number of benzene rings is 9. The zero-order chi connectivity index (χ0) is 30.9.